The van der Waals surface area contributed by atoms with Gasteiger partial charge in [0.05, 0.1) is 0 Å². The summed E-state index contributed by atoms with van der Waals surface area (Å²) in [7, 11) is 1.85. The molecule has 0 radical (unpaired) electrons. The van der Waals surface area contributed by atoms with E-state index in [9.17, 15) is 8.78 Å². The largest absolute Gasteiger partial charge is 0.313 e. The zero-order valence-corrected chi connectivity index (χ0v) is 11.2. The monoisotopic (exact) mass is 267 g/mol. The molecule has 4 heteroatoms. The third kappa shape index (κ3) is 2.94. The second-order valence-electron chi connectivity index (χ2n) is 4.27. The van der Waals surface area contributed by atoms with E-state index in [0.29, 0.717) is 12.0 Å². The molecular weight excluding hydrogens is 252 g/mol. The van der Waals surface area contributed by atoms with Crippen molar-refractivity contribution in [3.63, 3.8) is 0 Å². The van der Waals surface area contributed by atoms with Crippen molar-refractivity contribution in [2.45, 2.75) is 19.4 Å². The van der Waals surface area contributed by atoms with E-state index >= 15 is 0 Å². The molecule has 1 aromatic carbocycles. The van der Waals surface area contributed by atoms with Crippen LogP contribution in [-0.4, -0.2) is 7.05 Å². The minimum absolute atomic E-state index is 0.0508. The molecule has 0 bridgehead atoms. The zero-order valence-electron chi connectivity index (χ0n) is 10.3. The molecular formula is C14H15F2NS. The Morgan fingerprint density at radius 2 is 2.06 bits per heavy atom. The normalized spacial score (nSPS) is 12.7. The molecule has 0 aliphatic rings. The molecule has 0 amide bonds. The highest BCUT2D eigenvalue weighted by Crippen LogP contribution is 2.24. The van der Waals surface area contributed by atoms with Crippen LogP contribution in [0.25, 0.3) is 0 Å². The summed E-state index contributed by atoms with van der Waals surface area (Å²) in [4.78, 5) is 1.23. The third-order valence-corrected chi connectivity index (χ3v) is 3.82. The highest BCUT2D eigenvalue weighted by atomic mass is 32.1. The van der Waals surface area contributed by atoms with Crippen molar-refractivity contribution in [1.82, 2.24) is 5.32 Å². The van der Waals surface area contributed by atoms with Crippen LogP contribution in [0.2, 0.25) is 0 Å². The molecule has 1 heterocycles. The molecule has 0 saturated carbocycles. The van der Waals surface area contributed by atoms with Crippen LogP contribution in [0.4, 0.5) is 8.78 Å². The van der Waals surface area contributed by atoms with Crippen molar-refractivity contribution in [1.29, 1.82) is 0 Å². The maximum atomic E-state index is 13.6. The fourth-order valence-corrected chi connectivity index (χ4v) is 2.70. The van der Waals surface area contributed by atoms with E-state index in [1.165, 1.54) is 17.0 Å². The van der Waals surface area contributed by atoms with E-state index in [4.69, 9.17) is 0 Å². The lowest BCUT2D eigenvalue weighted by Gasteiger charge is -2.15. The summed E-state index contributed by atoms with van der Waals surface area (Å²) in [5, 5.41) is 5.24. The first-order valence-electron chi connectivity index (χ1n) is 5.76. The Labute approximate surface area is 109 Å². The average molecular weight is 267 g/mol. The van der Waals surface area contributed by atoms with E-state index in [1.807, 2.05) is 14.0 Å². The minimum Gasteiger partial charge on any atom is -0.313 e. The van der Waals surface area contributed by atoms with Crippen LogP contribution >= 0.6 is 11.3 Å². The van der Waals surface area contributed by atoms with E-state index in [-0.39, 0.29) is 6.04 Å². The quantitative estimate of drug-likeness (QED) is 0.887. The standard InChI is InChI=1S/C14H15F2NS/c1-9-5-11(8-18-9)14(17-2)6-10-3-4-12(15)7-13(10)16/h3-5,7-8,14,17H,6H2,1-2H3. The Morgan fingerprint density at radius 3 is 2.61 bits per heavy atom. The van der Waals surface area contributed by atoms with Gasteiger partial charge in [0.1, 0.15) is 11.6 Å². The first kappa shape index (κ1) is 13.2. The van der Waals surface area contributed by atoms with Gasteiger partial charge < -0.3 is 5.32 Å². The Balaban J connectivity index is 2.20. The molecule has 2 rings (SSSR count). The Kier molecular flexibility index (Phi) is 4.09. The molecule has 18 heavy (non-hydrogen) atoms. The SMILES string of the molecule is CNC(Cc1ccc(F)cc1F)c1csc(C)c1. The lowest BCUT2D eigenvalue weighted by Crippen LogP contribution is -2.18. The number of hydrogen-bond acceptors (Lipinski definition) is 2. The number of hydrogen-bond donors (Lipinski definition) is 1. The summed E-state index contributed by atoms with van der Waals surface area (Å²) in [6.45, 7) is 2.04. The first-order chi connectivity index (χ1) is 8.60. The molecule has 96 valence electrons. The molecule has 0 saturated heterocycles. The molecule has 0 spiro atoms. The maximum Gasteiger partial charge on any atom is 0.129 e. The van der Waals surface area contributed by atoms with Crippen LogP contribution in [0.1, 0.15) is 22.0 Å². The molecule has 1 aromatic heterocycles. The van der Waals surface area contributed by atoms with Crippen LogP contribution in [0.3, 0.4) is 0 Å². The number of thiophene rings is 1. The van der Waals surface area contributed by atoms with E-state index in [2.05, 4.69) is 16.8 Å². The fraction of sp³-hybridized carbons (Fsp3) is 0.286. The summed E-state index contributed by atoms with van der Waals surface area (Å²) in [5.74, 6) is -1.02. The Bertz CT molecular complexity index is 536. The van der Waals surface area contributed by atoms with Crippen LogP contribution in [0, 0.1) is 18.6 Å². The molecule has 1 N–H and O–H groups in total. The van der Waals surface area contributed by atoms with Gasteiger partial charge in [-0.2, -0.15) is 0 Å². The summed E-state index contributed by atoms with van der Waals surface area (Å²) >= 11 is 1.67. The van der Waals surface area contributed by atoms with Gasteiger partial charge in [-0.3, -0.25) is 0 Å². The van der Waals surface area contributed by atoms with Gasteiger partial charge in [-0.1, -0.05) is 6.07 Å². The number of aryl methyl sites for hydroxylation is 1. The number of nitrogens with one attached hydrogen (secondary N) is 1. The van der Waals surface area contributed by atoms with Crippen molar-refractivity contribution in [3.05, 3.63) is 57.3 Å². The minimum atomic E-state index is -0.538. The molecule has 0 aliphatic heterocycles. The zero-order chi connectivity index (χ0) is 13.1. The number of rotatable bonds is 4. The Hall–Kier alpha value is -1.26. The van der Waals surface area contributed by atoms with E-state index in [0.717, 1.165) is 11.6 Å². The van der Waals surface area contributed by atoms with Crippen molar-refractivity contribution < 1.29 is 8.78 Å². The van der Waals surface area contributed by atoms with Gasteiger partial charge in [0.15, 0.2) is 0 Å². The Morgan fingerprint density at radius 1 is 1.28 bits per heavy atom. The van der Waals surface area contributed by atoms with Gasteiger partial charge in [0.25, 0.3) is 0 Å². The number of benzene rings is 1. The summed E-state index contributed by atoms with van der Waals surface area (Å²) < 4.78 is 26.4. The molecule has 1 unspecified atom stereocenters. The van der Waals surface area contributed by atoms with Gasteiger partial charge in [-0.05, 0) is 49.0 Å². The molecule has 1 nitrogen and oxygen atoms in total. The van der Waals surface area contributed by atoms with Gasteiger partial charge in [0, 0.05) is 17.0 Å². The van der Waals surface area contributed by atoms with E-state index in [1.54, 1.807) is 11.3 Å². The van der Waals surface area contributed by atoms with Crippen LogP contribution in [-0.2, 0) is 6.42 Å². The first-order valence-corrected chi connectivity index (χ1v) is 6.64. The predicted molar refractivity (Wildman–Crippen MR) is 70.9 cm³/mol. The molecule has 2 aromatic rings. The van der Waals surface area contributed by atoms with Crippen molar-refractivity contribution in [3.8, 4) is 0 Å². The van der Waals surface area contributed by atoms with Gasteiger partial charge in [-0.15, -0.1) is 11.3 Å². The predicted octanol–water partition coefficient (Wildman–Crippen LogP) is 3.84. The van der Waals surface area contributed by atoms with Gasteiger partial charge in [0.2, 0.25) is 0 Å². The summed E-state index contributed by atoms with van der Waals surface area (Å²) in [6.07, 6.45) is 0.513. The second-order valence-corrected chi connectivity index (χ2v) is 5.39. The van der Waals surface area contributed by atoms with Crippen LogP contribution in [0.15, 0.2) is 29.6 Å². The smallest absolute Gasteiger partial charge is 0.129 e. The second kappa shape index (κ2) is 5.59. The van der Waals surface area contributed by atoms with E-state index < -0.39 is 11.6 Å². The third-order valence-electron chi connectivity index (χ3n) is 2.94. The summed E-state index contributed by atoms with van der Waals surface area (Å²) in [6, 6.07) is 5.88. The highest BCUT2D eigenvalue weighted by Gasteiger charge is 2.14. The topological polar surface area (TPSA) is 12.0 Å². The number of likely N-dealkylation sites (N-methyl/N-ethyl adjacent to an activating group) is 1. The van der Waals surface area contributed by atoms with Crippen LogP contribution < -0.4 is 5.32 Å². The number of halogens is 2. The van der Waals surface area contributed by atoms with Crippen molar-refractivity contribution >= 4 is 11.3 Å². The average Bonchev–Trinajstić information content (AvgIpc) is 2.75. The molecule has 0 fully saturated rings. The maximum absolute atomic E-state index is 13.6. The van der Waals surface area contributed by atoms with Crippen molar-refractivity contribution in [2.75, 3.05) is 7.05 Å². The lowest BCUT2D eigenvalue weighted by atomic mass is 10.0. The van der Waals surface area contributed by atoms with Crippen molar-refractivity contribution in [2.24, 2.45) is 0 Å². The summed E-state index contributed by atoms with van der Waals surface area (Å²) in [5.41, 5.74) is 1.67. The lowest BCUT2D eigenvalue weighted by molar-refractivity contribution is 0.541. The highest BCUT2D eigenvalue weighted by molar-refractivity contribution is 7.10. The van der Waals surface area contributed by atoms with Crippen LogP contribution in [0.5, 0.6) is 0 Å². The molecule has 1 atom stereocenters. The van der Waals surface area contributed by atoms with Gasteiger partial charge >= 0.3 is 0 Å². The molecule has 0 aliphatic carbocycles. The fourth-order valence-electron chi connectivity index (χ4n) is 1.94. The van der Waals surface area contributed by atoms with Gasteiger partial charge in [-0.25, -0.2) is 8.78 Å².